The van der Waals surface area contributed by atoms with Gasteiger partial charge in [-0.3, -0.25) is 19.2 Å². The highest BCUT2D eigenvalue weighted by atomic mass is 16.6. The van der Waals surface area contributed by atoms with Crippen LogP contribution in [0.25, 0.3) is 0 Å². The van der Waals surface area contributed by atoms with E-state index in [-0.39, 0.29) is 42.1 Å². The van der Waals surface area contributed by atoms with Gasteiger partial charge in [0.05, 0.1) is 12.1 Å². The van der Waals surface area contributed by atoms with Crippen molar-refractivity contribution in [2.75, 3.05) is 20.3 Å². The van der Waals surface area contributed by atoms with Crippen LogP contribution in [0, 0.1) is 0 Å². The van der Waals surface area contributed by atoms with E-state index in [1.165, 1.54) is 20.8 Å². The van der Waals surface area contributed by atoms with Gasteiger partial charge < -0.3 is 23.8 Å². The Balaban J connectivity index is 2.00. The molecule has 0 spiro atoms. The molecule has 0 radical (unpaired) electrons. The fourth-order valence-corrected chi connectivity index (χ4v) is 4.65. The molecule has 1 aromatic rings. The number of methoxy groups -OCH3 is 1. The number of carbonyl (C=O) groups excluding carboxylic acids is 4. The molecule has 200 valence electrons. The summed E-state index contributed by atoms with van der Waals surface area (Å²) in [6.45, 7) is 6.35. The van der Waals surface area contributed by atoms with E-state index in [2.05, 4.69) is 0 Å². The molecule has 9 heteroatoms. The standard InChI is InChI=1S/C27H39NO8/c1-18(29)28-16-15-24-23(13-14-26(35-20(3)31)27(24)36-21(4)32)25(28)12-10-8-6-7-9-11-22(33-5)17-34-19(2)30/h13-14,22,25H,6-12,15-17H2,1-5H3. The molecule has 1 amide bonds. The molecule has 9 nitrogen and oxygen atoms in total. The molecule has 1 aromatic carbocycles. The minimum Gasteiger partial charge on any atom is -0.463 e. The van der Waals surface area contributed by atoms with Crippen LogP contribution in [-0.4, -0.2) is 55.1 Å². The van der Waals surface area contributed by atoms with E-state index in [1.807, 2.05) is 11.0 Å². The van der Waals surface area contributed by atoms with E-state index in [1.54, 1.807) is 20.1 Å². The van der Waals surface area contributed by atoms with Crippen molar-refractivity contribution in [3.8, 4) is 11.5 Å². The van der Waals surface area contributed by atoms with Gasteiger partial charge in [0.1, 0.15) is 6.61 Å². The molecule has 1 aliphatic rings. The summed E-state index contributed by atoms with van der Waals surface area (Å²) < 4.78 is 21.1. The molecule has 36 heavy (non-hydrogen) atoms. The number of unbranched alkanes of at least 4 members (excludes halogenated alkanes) is 4. The average molecular weight is 506 g/mol. The van der Waals surface area contributed by atoms with Gasteiger partial charge in [-0.1, -0.05) is 38.2 Å². The lowest BCUT2D eigenvalue weighted by molar-refractivity contribution is -0.144. The van der Waals surface area contributed by atoms with Crippen LogP contribution in [0.5, 0.6) is 11.5 Å². The molecular weight excluding hydrogens is 466 g/mol. The van der Waals surface area contributed by atoms with Crippen molar-refractivity contribution in [1.82, 2.24) is 4.90 Å². The van der Waals surface area contributed by atoms with E-state index >= 15 is 0 Å². The van der Waals surface area contributed by atoms with Gasteiger partial charge in [-0.05, 0) is 30.9 Å². The van der Waals surface area contributed by atoms with Crippen LogP contribution in [0.1, 0.15) is 89.8 Å². The smallest absolute Gasteiger partial charge is 0.308 e. The lowest BCUT2D eigenvalue weighted by Crippen LogP contribution is -2.39. The van der Waals surface area contributed by atoms with Crippen molar-refractivity contribution in [1.29, 1.82) is 0 Å². The topological polar surface area (TPSA) is 108 Å². The summed E-state index contributed by atoms with van der Waals surface area (Å²) in [4.78, 5) is 48.5. The maximum atomic E-state index is 12.4. The Labute approximate surface area is 213 Å². The van der Waals surface area contributed by atoms with Crippen molar-refractivity contribution in [2.24, 2.45) is 0 Å². The molecule has 1 aliphatic heterocycles. The normalized spacial score (nSPS) is 15.6. The van der Waals surface area contributed by atoms with Crippen molar-refractivity contribution < 1.29 is 38.1 Å². The predicted molar refractivity (Wildman–Crippen MR) is 133 cm³/mol. The molecular formula is C27H39NO8. The van der Waals surface area contributed by atoms with E-state index in [0.717, 1.165) is 56.1 Å². The van der Waals surface area contributed by atoms with Crippen molar-refractivity contribution in [3.05, 3.63) is 23.3 Å². The van der Waals surface area contributed by atoms with E-state index < -0.39 is 11.9 Å². The second-order valence-electron chi connectivity index (χ2n) is 9.13. The Bertz CT molecular complexity index is 929. The van der Waals surface area contributed by atoms with Gasteiger partial charge in [0, 0.05) is 46.9 Å². The van der Waals surface area contributed by atoms with E-state index in [0.29, 0.717) is 13.0 Å². The van der Waals surface area contributed by atoms with Gasteiger partial charge in [-0.2, -0.15) is 0 Å². The van der Waals surface area contributed by atoms with E-state index in [4.69, 9.17) is 18.9 Å². The Hall–Kier alpha value is -2.94. The van der Waals surface area contributed by atoms with Crippen LogP contribution in [0.3, 0.4) is 0 Å². The number of ether oxygens (including phenoxy) is 4. The molecule has 2 unspecified atom stereocenters. The first kappa shape index (κ1) is 29.3. The zero-order valence-electron chi connectivity index (χ0n) is 22.1. The number of amides is 1. The molecule has 0 N–H and O–H groups in total. The summed E-state index contributed by atoms with van der Waals surface area (Å²) in [5.74, 6) is -0.805. The molecule has 2 atom stereocenters. The first-order valence-electron chi connectivity index (χ1n) is 12.6. The summed E-state index contributed by atoms with van der Waals surface area (Å²) in [6.07, 6.45) is 7.07. The van der Waals surface area contributed by atoms with Gasteiger partial charge in [0.25, 0.3) is 0 Å². The molecule has 0 fully saturated rings. The molecule has 1 heterocycles. The van der Waals surface area contributed by atoms with Crippen LogP contribution in [0.15, 0.2) is 12.1 Å². The summed E-state index contributed by atoms with van der Waals surface area (Å²) in [5, 5.41) is 0. The van der Waals surface area contributed by atoms with Crippen molar-refractivity contribution in [3.63, 3.8) is 0 Å². The number of esters is 3. The second-order valence-corrected chi connectivity index (χ2v) is 9.13. The number of hydrogen-bond acceptors (Lipinski definition) is 8. The fraction of sp³-hybridized carbons (Fsp3) is 0.630. The molecule has 0 aromatic heterocycles. The van der Waals surface area contributed by atoms with Crippen LogP contribution in [0.4, 0.5) is 0 Å². The summed E-state index contributed by atoms with van der Waals surface area (Å²) >= 11 is 0. The number of rotatable bonds is 13. The third-order valence-electron chi connectivity index (χ3n) is 6.31. The largest absolute Gasteiger partial charge is 0.463 e. The zero-order valence-corrected chi connectivity index (χ0v) is 22.1. The average Bonchev–Trinajstić information content (AvgIpc) is 2.80. The Morgan fingerprint density at radius 3 is 2.19 bits per heavy atom. The van der Waals surface area contributed by atoms with Crippen LogP contribution in [0.2, 0.25) is 0 Å². The number of fused-ring (bicyclic) bond motifs is 1. The third-order valence-corrected chi connectivity index (χ3v) is 6.31. The quantitative estimate of drug-likeness (QED) is 0.222. The lowest BCUT2D eigenvalue weighted by Gasteiger charge is -2.37. The summed E-state index contributed by atoms with van der Waals surface area (Å²) in [7, 11) is 1.62. The monoisotopic (exact) mass is 505 g/mol. The van der Waals surface area contributed by atoms with E-state index in [9.17, 15) is 19.2 Å². The SMILES string of the molecule is COC(CCCCCCCC1c2ccc(OC(C)=O)c(OC(C)=O)c2CCN1C(C)=O)COC(C)=O. The molecule has 0 saturated heterocycles. The summed E-state index contributed by atoms with van der Waals surface area (Å²) in [5.41, 5.74) is 1.74. The lowest BCUT2D eigenvalue weighted by atomic mass is 9.88. The Morgan fingerprint density at radius 2 is 1.58 bits per heavy atom. The highest BCUT2D eigenvalue weighted by Gasteiger charge is 2.32. The van der Waals surface area contributed by atoms with Gasteiger partial charge in [0.2, 0.25) is 5.91 Å². The van der Waals surface area contributed by atoms with Gasteiger partial charge in [0.15, 0.2) is 11.5 Å². The van der Waals surface area contributed by atoms with Gasteiger partial charge >= 0.3 is 17.9 Å². The van der Waals surface area contributed by atoms with Crippen LogP contribution < -0.4 is 9.47 Å². The number of hydrogen-bond donors (Lipinski definition) is 0. The molecule has 0 bridgehead atoms. The van der Waals surface area contributed by atoms with Gasteiger partial charge in [-0.15, -0.1) is 0 Å². The maximum Gasteiger partial charge on any atom is 0.308 e. The van der Waals surface area contributed by atoms with Gasteiger partial charge in [-0.25, -0.2) is 0 Å². The molecule has 0 saturated carbocycles. The maximum absolute atomic E-state index is 12.4. The Morgan fingerprint density at radius 1 is 0.917 bits per heavy atom. The second kappa shape index (κ2) is 14.6. The van der Waals surface area contributed by atoms with Crippen molar-refractivity contribution in [2.45, 2.75) is 91.2 Å². The number of nitrogens with zero attached hydrogens (tertiary/aromatic N) is 1. The number of benzene rings is 1. The highest BCUT2D eigenvalue weighted by molar-refractivity contribution is 5.77. The Kier molecular flexibility index (Phi) is 11.9. The van der Waals surface area contributed by atoms with Crippen LogP contribution >= 0.6 is 0 Å². The molecule has 2 rings (SSSR count). The highest BCUT2D eigenvalue weighted by Crippen LogP contribution is 2.42. The minimum absolute atomic E-state index is 0.00198. The number of carbonyl (C=O) groups is 4. The first-order valence-corrected chi connectivity index (χ1v) is 12.6. The minimum atomic E-state index is -0.496. The first-order chi connectivity index (χ1) is 17.1. The predicted octanol–water partition coefficient (Wildman–Crippen LogP) is 4.29. The molecule has 0 aliphatic carbocycles. The fourth-order valence-electron chi connectivity index (χ4n) is 4.65. The van der Waals surface area contributed by atoms with Crippen LogP contribution in [-0.2, 0) is 35.1 Å². The third kappa shape index (κ3) is 8.93. The zero-order chi connectivity index (χ0) is 26.7. The van der Waals surface area contributed by atoms with Crippen molar-refractivity contribution >= 4 is 23.8 Å². The summed E-state index contributed by atoms with van der Waals surface area (Å²) in [6, 6.07) is 3.37.